The third kappa shape index (κ3) is 45.1. The van der Waals surface area contributed by atoms with E-state index in [2.05, 4.69) is 74.6 Å². The number of allylic oxidation sites excluding steroid dienone is 10. The molecule has 0 bridgehead atoms. The zero-order chi connectivity index (χ0) is 43.2. The van der Waals surface area contributed by atoms with Gasteiger partial charge in [0.2, 0.25) is 0 Å². The minimum Gasteiger partial charge on any atom is -0.462 e. The number of unbranched alkanes of at least 4 members (excludes halogenated alkanes) is 21. The van der Waals surface area contributed by atoms with Gasteiger partial charge in [0.1, 0.15) is 6.61 Å². The molecular formula is C49H88NO8P. The molecule has 0 aromatic heterocycles. The standard InChI is InChI=1S/C49H88NO8P/c1-3-5-7-9-11-13-15-17-19-21-22-23-24-26-28-30-32-34-36-38-40-42-49(52)58-47(46-57-59(53,54)56-44-43-50)45-55-48(51)41-39-37-35-33-31-29-27-25-20-18-16-14-12-10-8-6-4-2/h12,14,17-20,27,29,33,35,47H,3-11,13,15-16,21-26,28,30-32,34,36-46,50H2,1-2H3,(H,53,54). The van der Waals surface area contributed by atoms with Gasteiger partial charge in [-0.25, -0.2) is 4.57 Å². The largest absolute Gasteiger partial charge is 0.472 e. The van der Waals surface area contributed by atoms with Crippen LogP contribution in [-0.4, -0.2) is 49.3 Å². The average Bonchev–Trinajstić information content (AvgIpc) is 3.22. The van der Waals surface area contributed by atoms with Crippen molar-refractivity contribution in [2.75, 3.05) is 26.4 Å². The van der Waals surface area contributed by atoms with E-state index in [0.29, 0.717) is 12.8 Å². The number of hydrogen-bond donors (Lipinski definition) is 2. The van der Waals surface area contributed by atoms with Crippen LogP contribution in [-0.2, 0) is 32.7 Å². The first-order valence-corrected chi connectivity index (χ1v) is 25.3. The van der Waals surface area contributed by atoms with E-state index >= 15 is 0 Å². The molecule has 0 fully saturated rings. The molecule has 0 saturated heterocycles. The van der Waals surface area contributed by atoms with Gasteiger partial charge in [-0.15, -0.1) is 0 Å². The fraction of sp³-hybridized carbons (Fsp3) is 0.755. The Bertz CT molecular complexity index is 1150. The average molecular weight is 850 g/mol. The summed E-state index contributed by atoms with van der Waals surface area (Å²) in [6, 6.07) is 0. The molecule has 0 spiro atoms. The molecule has 0 rings (SSSR count). The SMILES string of the molecule is CCCCCC=CCC=CCC=CCC=CCCCC(=O)OCC(COP(=O)(O)OCCN)OC(=O)CCCCCCCCCCCCCC=CCCCCCCCC. The molecule has 0 heterocycles. The van der Waals surface area contributed by atoms with Crippen LogP contribution in [0.4, 0.5) is 0 Å². The molecule has 0 amide bonds. The summed E-state index contributed by atoms with van der Waals surface area (Å²) in [5, 5.41) is 0. The van der Waals surface area contributed by atoms with Crippen molar-refractivity contribution in [3.63, 3.8) is 0 Å². The highest BCUT2D eigenvalue weighted by molar-refractivity contribution is 7.47. The van der Waals surface area contributed by atoms with Crippen LogP contribution in [0.25, 0.3) is 0 Å². The number of esters is 2. The molecule has 9 nitrogen and oxygen atoms in total. The zero-order valence-corrected chi connectivity index (χ0v) is 38.6. The Kier molecular flexibility index (Phi) is 43.5. The van der Waals surface area contributed by atoms with Crippen molar-refractivity contribution in [2.24, 2.45) is 5.73 Å². The summed E-state index contributed by atoms with van der Waals surface area (Å²) in [5.74, 6) is -0.894. The summed E-state index contributed by atoms with van der Waals surface area (Å²) >= 11 is 0. The van der Waals surface area contributed by atoms with Gasteiger partial charge in [0, 0.05) is 19.4 Å². The summed E-state index contributed by atoms with van der Waals surface area (Å²) in [4.78, 5) is 34.9. The fourth-order valence-electron chi connectivity index (χ4n) is 6.33. The van der Waals surface area contributed by atoms with Gasteiger partial charge < -0.3 is 20.1 Å². The third-order valence-electron chi connectivity index (χ3n) is 9.88. The molecule has 59 heavy (non-hydrogen) atoms. The van der Waals surface area contributed by atoms with Gasteiger partial charge in [0.05, 0.1) is 13.2 Å². The van der Waals surface area contributed by atoms with Gasteiger partial charge in [0.15, 0.2) is 6.10 Å². The van der Waals surface area contributed by atoms with Crippen molar-refractivity contribution in [1.82, 2.24) is 0 Å². The van der Waals surface area contributed by atoms with Crippen LogP contribution in [0.5, 0.6) is 0 Å². The van der Waals surface area contributed by atoms with Gasteiger partial charge in [-0.05, 0) is 77.0 Å². The number of carbonyl (C=O) groups is 2. The number of rotatable bonds is 44. The van der Waals surface area contributed by atoms with E-state index < -0.39 is 32.5 Å². The van der Waals surface area contributed by atoms with Crippen LogP contribution in [0.1, 0.15) is 206 Å². The van der Waals surface area contributed by atoms with Crippen molar-refractivity contribution in [2.45, 2.75) is 213 Å². The van der Waals surface area contributed by atoms with E-state index in [9.17, 15) is 19.0 Å². The number of nitrogens with two attached hydrogens (primary N) is 1. The van der Waals surface area contributed by atoms with Crippen LogP contribution < -0.4 is 5.73 Å². The molecule has 0 aliphatic heterocycles. The van der Waals surface area contributed by atoms with Crippen molar-refractivity contribution >= 4 is 19.8 Å². The summed E-state index contributed by atoms with van der Waals surface area (Å²) < 4.78 is 32.8. The van der Waals surface area contributed by atoms with Crippen molar-refractivity contribution in [1.29, 1.82) is 0 Å². The highest BCUT2D eigenvalue weighted by atomic mass is 31.2. The highest BCUT2D eigenvalue weighted by Crippen LogP contribution is 2.43. The smallest absolute Gasteiger partial charge is 0.462 e. The topological polar surface area (TPSA) is 134 Å². The van der Waals surface area contributed by atoms with E-state index in [1.54, 1.807) is 0 Å². The first-order chi connectivity index (χ1) is 28.8. The fourth-order valence-corrected chi connectivity index (χ4v) is 7.09. The first kappa shape index (κ1) is 56.7. The molecule has 0 aromatic rings. The zero-order valence-electron chi connectivity index (χ0n) is 37.7. The normalized spacial score (nSPS) is 13.8. The summed E-state index contributed by atoms with van der Waals surface area (Å²) in [6.07, 6.45) is 54.0. The second-order valence-electron chi connectivity index (χ2n) is 15.6. The van der Waals surface area contributed by atoms with Gasteiger partial charge >= 0.3 is 19.8 Å². The Morgan fingerprint density at radius 2 is 0.898 bits per heavy atom. The summed E-state index contributed by atoms with van der Waals surface area (Å²) in [5.41, 5.74) is 5.35. The summed E-state index contributed by atoms with van der Waals surface area (Å²) in [7, 11) is -4.39. The maximum absolute atomic E-state index is 12.6. The Morgan fingerprint density at radius 1 is 0.508 bits per heavy atom. The molecule has 2 atom stereocenters. The van der Waals surface area contributed by atoms with Gasteiger partial charge in [-0.3, -0.25) is 18.6 Å². The summed E-state index contributed by atoms with van der Waals surface area (Å²) in [6.45, 7) is 3.65. The maximum Gasteiger partial charge on any atom is 0.472 e. The Labute approximate surface area is 361 Å². The molecule has 0 aliphatic carbocycles. The van der Waals surface area contributed by atoms with Crippen molar-refractivity contribution in [3.05, 3.63) is 60.8 Å². The van der Waals surface area contributed by atoms with Crippen molar-refractivity contribution in [3.8, 4) is 0 Å². The van der Waals surface area contributed by atoms with Crippen LogP contribution in [0.3, 0.4) is 0 Å². The van der Waals surface area contributed by atoms with E-state index in [4.69, 9.17) is 24.3 Å². The predicted molar refractivity (Wildman–Crippen MR) is 247 cm³/mol. The number of ether oxygens (including phenoxy) is 2. The quantitative estimate of drug-likeness (QED) is 0.0266. The molecule has 0 aromatic carbocycles. The first-order valence-electron chi connectivity index (χ1n) is 23.8. The Balaban J connectivity index is 4.16. The minimum absolute atomic E-state index is 0.0443. The van der Waals surface area contributed by atoms with E-state index in [-0.39, 0.29) is 32.6 Å². The minimum atomic E-state index is -4.39. The lowest BCUT2D eigenvalue weighted by Crippen LogP contribution is -2.29. The lowest BCUT2D eigenvalue weighted by molar-refractivity contribution is -0.161. The molecule has 0 aliphatic rings. The van der Waals surface area contributed by atoms with E-state index in [1.807, 2.05) is 0 Å². The lowest BCUT2D eigenvalue weighted by Gasteiger charge is -2.19. The molecular weight excluding hydrogens is 762 g/mol. The van der Waals surface area contributed by atoms with E-state index in [0.717, 1.165) is 44.9 Å². The monoisotopic (exact) mass is 850 g/mol. The molecule has 0 saturated carbocycles. The number of phosphoric acid groups is 1. The second-order valence-corrected chi connectivity index (χ2v) is 17.1. The predicted octanol–water partition coefficient (Wildman–Crippen LogP) is 14.1. The number of carbonyl (C=O) groups excluding carboxylic acids is 2. The lowest BCUT2D eigenvalue weighted by atomic mass is 10.0. The Morgan fingerprint density at radius 3 is 1.41 bits per heavy atom. The third-order valence-corrected chi connectivity index (χ3v) is 10.9. The second kappa shape index (κ2) is 45.2. The molecule has 3 N–H and O–H groups in total. The van der Waals surface area contributed by atoms with Gasteiger partial charge in [0.25, 0.3) is 0 Å². The molecule has 0 radical (unpaired) electrons. The molecule has 10 heteroatoms. The maximum atomic E-state index is 12.6. The number of hydrogen-bond acceptors (Lipinski definition) is 8. The van der Waals surface area contributed by atoms with Gasteiger partial charge in [-0.2, -0.15) is 0 Å². The van der Waals surface area contributed by atoms with Crippen LogP contribution in [0.15, 0.2) is 60.8 Å². The Hall–Kier alpha value is -2.29. The number of phosphoric ester groups is 1. The van der Waals surface area contributed by atoms with Crippen LogP contribution >= 0.6 is 7.82 Å². The van der Waals surface area contributed by atoms with Crippen LogP contribution in [0.2, 0.25) is 0 Å². The van der Waals surface area contributed by atoms with Crippen LogP contribution in [0, 0.1) is 0 Å². The molecule has 2 unspecified atom stereocenters. The van der Waals surface area contributed by atoms with E-state index in [1.165, 1.54) is 122 Å². The molecule has 342 valence electrons. The van der Waals surface area contributed by atoms with Gasteiger partial charge in [-0.1, -0.05) is 177 Å². The van der Waals surface area contributed by atoms with Crippen molar-refractivity contribution < 1.29 is 37.6 Å². The highest BCUT2D eigenvalue weighted by Gasteiger charge is 2.26.